The largest absolute Gasteiger partial charge is 0.464 e. The molecule has 90 valence electrons. The Morgan fingerprint density at radius 1 is 1.06 bits per heavy atom. The minimum Gasteiger partial charge on any atom is -0.464 e. The van der Waals surface area contributed by atoms with Crippen molar-refractivity contribution < 1.29 is 4.42 Å². The van der Waals surface area contributed by atoms with Crippen molar-refractivity contribution in [3.8, 4) is 11.3 Å². The van der Waals surface area contributed by atoms with E-state index in [1.165, 1.54) is 36.0 Å². The fourth-order valence-electron chi connectivity index (χ4n) is 2.14. The van der Waals surface area contributed by atoms with Gasteiger partial charge in [0.1, 0.15) is 5.76 Å². The zero-order chi connectivity index (χ0) is 12.1. The fraction of sp³-hybridized carbons (Fsp3) is 0.375. The molecule has 2 rings (SSSR count). The van der Waals surface area contributed by atoms with Crippen molar-refractivity contribution in [2.75, 3.05) is 0 Å². The summed E-state index contributed by atoms with van der Waals surface area (Å²) < 4.78 is 5.71. The molecule has 0 N–H and O–H groups in total. The van der Waals surface area contributed by atoms with Crippen LogP contribution in [0.2, 0.25) is 0 Å². The summed E-state index contributed by atoms with van der Waals surface area (Å²) in [5, 5.41) is 0. The van der Waals surface area contributed by atoms with E-state index in [-0.39, 0.29) is 0 Å². The first-order valence-corrected chi connectivity index (χ1v) is 6.45. The summed E-state index contributed by atoms with van der Waals surface area (Å²) in [6.07, 6.45) is 6.88. The molecule has 0 aliphatic heterocycles. The molecule has 0 aliphatic carbocycles. The number of rotatable bonds is 5. The second-order valence-corrected chi connectivity index (χ2v) is 4.54. The lowest BCUT2D eigenvalue weighted by Gasteiger charge is -2.00. The monoisotopic (exact) mass is 228 g/mol. The van der Waals surface area contributed by atoms with E-state index in [1.54, 1.807) is 0 Å². The van der Waals surface area contributed by atoms with Crippen LogP contribution in [0.3, 0.4) is 0 Å². The minimum atomic E-state index is 1.03. The van der Waals surface area contributed by atoms with Crippen molar-refractivity contribution in [2.24, 2.45) is 0 Å². The number of furan rings is 1. The molecule has 17 heavy (non-hydrogen) atoms. The highest BCUT2D eigenvalue weighted by molar-refractivity contribution is 5.62. The van der Waals surface area contributed by atoms with Crippen molar-refractivity contribution in [2.45, 2.75) is 39.5 Å². The molecule has 0 spiro atoms. The molecule has 0 radical (unpaired) electrons. The number of hydrogen-bond acceptors (Lipinski definition) is 1. The lowest BCUT2D eigenvalue weighted by atomic mass is 10.0. The van der Waals surface area contributed by atoms with Gasteiger partial charge in [0.05, 0.1) is 6.26 Å². The lowest BCUT2D eigenvalue weighted by molar-refractivity contribution is 0.575. The van der Waals surface area contributed by atoms with Crippen LogP contribution >= 0.6 is 0 Å². The van der Waals surface area contributed by atoms with Crippen molar-refractivity contribution in [1.82, 2.24) is 0 Å². The lowest BCUT2D eigenvalue weighted by Crippen LogP contribution is -1.86. The van der Waals surface area contributed by atoms with E-state index in [4.69, 9.17) is 4.42 Å². The standard InChI is InChI=1S/C16H20O/c1-3-4-6-11-15-12-17-16(13(15)2)14-9-7-5-8-10-14/h5,7-10,12H,3-4,6,11H2,1-2H3. The zero-order valence-corrected chi connectivity index (χ0v) is 10.7. The molecular formula is C16H20O. The van der Waals surface area contributed by atoms with Gasteiger partial charge in [-0.15, -0.1) is 0 Å². The van der Waals surface area contributed by atoms with Crippen molar-refractivity contribution in [1.29, 1.82) is 0 Å². The zero-order valence-electron chi connectivity index (χ0n) is 10.7. The first-order chi connectivity index (χ1) is 8.33. The first kappa shape index (κ1) is 12.0. The molecule has 1 aromatic heterocycles. The molecule has 1 aromatic carbocycles. The average molecular weight is 228 g/mol. The van der Waals surface area contributed by atoms with Crippen LogP contribution in [0.1, 0.15) is 37.3 Å². The van der Waals surface area contributed by atoms with E-state index in [1.807, 2.05) is 24.5 Å². The molecule has 0 fully saturated rings. The molecule has 1 heterocycles. The van der Waals surface area contributed by atoms with Crippen LogP contribution in [0.25, 0.3) is 11.3 Å². The minimum absolute atomic E-state index is 1.03. The topological polar surface area (TPSA) is 13.1 Å². The highest BCUT2D eigenvalue weighted by atomic mass is 16.3. The normalized spacial score (nSPS) is 10.7. The van der Waals surface area contributed by atoms with Gasteiger partial charge in [-0.25, -0.2) is 0 Å². The Hall–Kier alpha value is -1.50. The number of hydrogen-bond donors (Lipinski definition) is 0. The Morgan fingerprint density at radius 3 is 2.53 bits per heavy atom. The molecule has 0 unspecified atom stereocenters. The maximum absolute atomic E-state index is 5.71. The molecule has 1 heteroatoms. The summed E-state index contributed by atoms with van der Waals surface area (Å²) in [5.41, 5.74) is 3.83. The molecule has 1 nitrogen and oxygen atoms in total. The van der Waals surface area contributed by atoms with Gasteiger partial charge in [-0.3, -0.25) is 0 Å². The maximum atomic E-state index is 5.71. The van der Waals surface area contributed by atoms with Crippen LogP contribution in [-0.2, 0) is 6.42 Å². The first-order valence-electron chi connectivity index (χ1n) is 6.45. The molecule has 0 bridgehead atoms. The summed E-state index contributed by atoms with van der Waals surface area (Å²) in [7, 11) is 0. The van der Waals surface area contributed by atoms with E-state index < -0.39 is 0 Å². The summed E-state index contributed by atoms with van der Waals surface area (Å²) in [6.45, 7) is 4.39. The summed E-state index contributed by atoms with van der Waals surface area (Å²) in [4.78, 5) is 0. The van der Waals surface area contributed by atoms with Crippen molar-refractivity contribution in [3.05, 3.63) is 47.7 Å². The van der Waals surface area contributed by atoms with E-state index in [0.717, 1.165) is 12.2 Å². The molecule has 0 atom stereocenters. The highest BCUT2D eigenvalue weighted by Gasteiger charge is 2.10. The van der Waals surface area contributed by atoms with Crippen LogP contribution < -0.4 is 0 Å². The number of unbranched alkanes of at least 4 members (excludes halogenated alkanes) is 2. The molecule has 2 aromatic rings. The van der Waals surface area contributed by atoms with Gasteiger partial charge in [-0.1, -0.05) is 50.1 Å². The SMILES string of the molecule is CCCCCc1coc(-c2ccccc2)c1C. The van der Waals surface area contributed by atoms with Gasteiger partial charge in [-0.05, 0) is 30.9 Å². The molecule has 0 saturated carbocycles. The van der Waals surface area contributed by atoms with E-state index in [9.17, 15) is 0 Å². The maximum Gasteiger partial charge on any atom is 0.137 e. The number of benzene rings is 1. The molecule has 0 aliphatic rings. The second-order valence-electron chi connectivity index (χ2n) is 4.54. The second kappa shape index (κ2) is 5.72. The molecular weight excluding hydrogens is 208 g/mol. The fourth-order valence-corrected chi connectivity index (χ4v) is 2.14. The number of aryl methyl sites for hydroxylation is 1. The van der Waals surface area contributed by atoms with Gasteiger partial charge >= 0.3 is 0 Å². The van der Waals surface area contributed by atoms with E-state index in [2.05, 4.69) is 26.0 Å². The van der Waals surface area contributed by atoms with Crippen molar-refractivity contribution in [3.63, 3.8) is 0 Å². The Morgan fingerprint density at radius 2 is 1.82 bits per heavy atom. The Labute approximate surface area is 103 Å². The van der Waals surface area contributed by atoms with Crippen LogP contribution in [0.4, 0.5) is 0 Å². The third-order valence-corrected chi connectivity index (χ3v) is 3.23. The quantitative estimate of drug-likeness (QED) is 0.657. The van der Waals surface area contributed by atoms with Gasteiger partial charge in [0, 0.05) is 5.56 Å². The van der Waals surface area contributed by atoms with Crippen LogP contribution in [0.5, 0.6) is 0 Å². The Balaban J connectivity index is 2.15. The van der Waals surface area contributed by atoms with E-state index >= 15 is 0 Å². The van der Waals surface area contributed by atoms with Gasteiger partial charge in [0.25, 0.3) is 0 Å². The highest BCUT2D eigenvalue weighted by Crippen LogP contribution is 2.28. The van der Waals surface area contributed by atoms with Crippen LogP contribution in [-0.4, -0.2) is 0 Å². The summed E-state index contributed by atoms with van der Waals surface area (Å²) in [6, 6.07) is 10.3. The Kier molecular flexibility index (Phi) is 4.03. The van der Waals surface area contributed by atoms with Crippen LogP contribution in [0, 0.1) is 6.92 Å². The molecule has 0 amide bonds. The van der Waals surface area contributed by atoms with Gasteiger partial charge in [0.2, 0.25) is 0 Å². The summed E-state index contributed by atoms with van der Waals surface area (Å²) >= 11 is 0. The van der Waals surface area contributed by atoms with Crippen molar-refractivity contribution >= 4 is 0 Å². The van der Waals surface area contributed by atoms with Gasteiger partial charge in [-0.2, -0.15) is 0 Å². The van der Waals surface area contributed by atoms with Gasteiger partial charge in [0.15, 0.2) is 0 Å². The van der Waals surface area contributed by atoms with Gasteiger partial charge < -0.3 is 4.42 Å². The average Bonchev–Trinajstić information content (AvgIpc) is 2.73. The van der Waals surface area contributed by atoms with E-state index in [0.29, 0.717) is 0 Å². The third-order valence-electron chi connectivity index (χ3n) is 3.23. The van der Waals surface area contributed by atoms with Crippen LogP contribution in [0.15, 0.2) is 41.0 Å². The summed E-state index contributed by atoms with van der Waals surface area (Å²) in [5.74, 6) is 1.03. The predicted molar refractivity (Wildman–Crippen MR) is 72.1 cm³/mol. The molecule has 0 saturated heterocycles. The smallest absolute Gasteiger partial charge is 0.137 e. The Bertz CT molecular complexity index is 454. The third kappa shape index (κ3) is 2.79. The predicted octanol–water partition coefficient (Wildman–Crippen LogP) is 4.99.